The van der Waals surface area contributed by atoms with E-state index in [1.54, 1.807) is 28.8 Å². The second kappa shape index (κ2) is 6.45. The van der Waals surface area contributed by atoms with Gasteiger partial charge in [-0.3, -0.25) is 4.79 Å². The van der Waals surface area contributed by atoms with E-state index in [-0.39, 0.29) is 11.0 Å². The lowest BCUT2D eigenvalue weighted by Gasteiger charge is -2.13. The summed E-state index contributed by atoms with van der Waals surface area (Å²) < 4.78 is 6.50. The molecular weight excluding hydrogens is 328 g/mol. The standard InChI is InChI=1S/C18H15ClN2O3/c1-11-3-8-14-16(22)15(18(23)24-2)10-21(17(14)20-11)9-12-4-6-13(19)7-5-12/h3-8,10H,9H2,1-2H3. The number of fused-ring (bicyclic) bond motifs is 1. The van der Waals surface area contributed by atoms with Crippen molar-refractivity contribution in [2.75, 3.05) is 7.11 Å². The van der Waals surface area contributed by atoms with Crippen LogP contribution in [0.3, 0.4) is 0 Å². The number of hydrogen-bond donors (Lipinski definition) is 0. The highest BCUT2D eigenvalue weighted by Gasteiger charge is 2.17. The van der Waals surface area contributed by atoms with Crippen LogP contribution in [0, 0.1) is 6.92 Å². The molecule has 0 spiro atoms. The molecule has 0 radical (unpaired) electrons. The molecule has 0 fully saturated rings. The van der Waals surface area contributed by atoms with Gasteiger partial charge >= 0.3 is 5.97 Å². The third kappa shape index (κ3) is 3.03. The number of ether oxygens (including phenoxy) is 1. The van der Waals surface area contributed by atoms with E-state index in [2.05, 4.69) is 4.98 Å². The van der Waals surface area contributed by atoms with Gasteiger partial charge in [0.1, 0.15) is 11.2 Å². The number of carbonyl (C=O) groups excluding carboxylic acids is 1. The largest absolute Gasteiger partial charge is 0.465 e. The summed E-state index contributed by atoms with van der Waals surface area (Å²) in [5.74, 6) is -0.660. The predicted molar refractivity (Wildman–Crippen MR) is 92.6 cm³/mol. The second-order valence-electron chi connectivity index (χ2n) is 5.44. The molecule has 5 nitrogen and oxygen atoms in total. The van der Waals surface area contributed by atoms with Gasteiger partial charge < -0.3 is 9.30 Å². The van der Waals surface area contributed by atoms with Crippen LogP contribution in [0.1, 0.15) is 21.6 Å². The molecule has 0 saturated heterocycles. The summed E-state index contributed by atoms with van der Waals surface area (Å²) in [5.41, 5.74) is 1.91. The fourth-order valence-corrected chi connectivity index (χ4v) is 2.65. The van der Waals surface area contributed by atoms with Gasteiger partial charge in [0.05, 0.1) is 12.5 Å². The van der Waals surface area contributed by atoms with Crippen LogP contribution < -0.4 is 5.43 Å². The summed E-state index contributed by atoms with van der Waals surface area (Å²) in [6.45, 7) is 2.30. The van der Waals surface area contributed by atoms with Gasteiger partial charge in [-0.1, -0.05) is 23.7 Å². The lowest BCUT2D eigenvalue weighted by atomic mass is 10.1. The molecule has 1 aromatic carbocycles. The van der Waals surface area contributed by atoms with Crippen LogP contribution in [0.4, 0.5) is 0 Å². The zero-order valence-corrected chi connectivity index (χ0v) is 14.0. The Balaban J connectivity index is 2.22. The normalized spacial score (nSPS) is 10.8. The Morgan fingerprint density at radius 3 is 2.58 bits per heavy atom. The van der Waals surface area contributed by atoms with Crippen molar-refractivity contribution in [1.82, 2.24) is 9.55 Å². The molecule has 0 aliphatic rings. The van der Waals surface area contributed by atoms with E-state index < -0.39 is 5.97 Å². The summed E-state index contributed by atoms with van der Waals surface area (Å²) in [6.07, 6.45) is 1.50. The molecule has 0 amide bonds. The van der Waals surface area contributed by atoms with Gasteiger partial charge in [0, 0.05) is 23.5 Å². The maximum atomic E-state index is 12.5. The Morgan fingerprint density at radius 2 is 1.92 bits per heavy atom. The van der Waals surface area contributed by atoms with E-state index >= 15 is 0 Å². The van der Waals surface area contributed by atoms with Crippen molar-refractivity contribution in [2.45, 2.75) is 13.5 Å². The highest BCUT2D eigenvalue weighted by Crippen LogP contribution is 2.15. The first-order chi connectivity index (χ1) is 11.5. The summed E-state index contributed by atoms with van der Waals surface area (Å²) >= 11 is 5.92. The fourth-order valence-electron chi connectivity index (χ4n) is 2.52. The SMILES string of the molecule is COC(=O)c1cn(Cc2ccc(Cl)cc2)c2nc(C)ccc2c1=O. The zero-order valence-electron chi connectivity index (χ0n) is 13.2. The van der Waals surface area contributed by atoms with Crippen LogP contribution in [0.25, 0.3) is 11.0 Å². The minimum atomic E-state index is -0.660. The third-order valence-electron chi connectivity index (χ3n) is 3.73. The molecule has 0 bridgehead atoms. The number of nitrogens with zero attached hydrogens (tertiary/aromatic N) is 2. The van der Waals surface area contributed by atoms with Gasteiger partial charge in [-0.05, 0) is 36.8 Å². The summed E-state index contributed by atoms with van der Waals surface area (Å²) in [7, 11) is 1.25. The van der Waals surface area contributed by atoms with E-state index in [0.717, 1.165) is 11.3 Å². The van der Waals surface area contributed by atoms with Crippen LogP contribution in [-0.4, -0.2) is 22.6 Å². The molecule has 3 aromatic rings. The molecule has 6 heteroatoms. The highest BCUT2D eigenvalue weighted by atomic mass is 35.5. The quantitative estimate of drug-likeness (QED) is 0.686. The Labute approximate surface area is 143 Å². The van der Waals surface area contributed by atoms with E-state index in [1.807, 2.05) is 19.1 Å². The summed E-state index contributed by atoms with van der Waals surface area (Å²) in [5, 5.41) is 1.03. The number of pyridine rings is 2. The Morgan fingerprint density at radius 1 is 1.21 bits per heavy atom. The van der Waals surface area contributed by atoms with E-state index in [1.165, 1.54) is 13.3 Å². The van der Waals surface area contributed by atoms with Gasteiger partial charge in [0.2, 0.25) is 5.43 Å². The van der Waals surface area contributed by atoms with Gasteiger partial charge in [0.25, 0.3) is 0 Å². The molecule has 0 atom stereocenters. The zero-order chi connectivity index (χ0) is 17.3. The lowest BCUT2D eigenvalue weighted by molar-refractivity contribution is 0.0598. The highest BCUT2D eigenvalue weighted by molar-refractivity contribution is 6.30. The average Bonchev–Trinajstić information content (AvgIpc) is 2.58. The van der Waals surface area contributed by atoms with Crippen LogP contribution in [-0.2, 0) is 11.3 Å². The Kier molecular flexibility index (Phi) is 4.36. The molecule has 0 aliphatic carbocycles. The fraction of sp³-hybridized carbons (Fsp3) is 0.167. The minimum Gasteiger partial charge on any atom is -0.465 e. The predicted octanol–water partition coefficient (Wildman–Crippen LogP) is 3.19. The molecule has 0 N–H and O–H groups in total. The first-order valence-corrected chi connectivity index (χ1v) is 7.71. The van der Waals surface area contributed by atoms with Crippen LogP contribution in [0.5, 0.6) is 0 Å². The number of aryl methyl sites for hydroxylation is 1. The van der Waals surface area contributed by atoms with Crippen molar-refractivity contribution in [3.8, 4) is 0 Å². The van der Waals surface area contributed by atoms with Crippen LogP contribution in [0.15, 0.2) is 47.4 Å². The number of rotatable bonds is 3. The van der Waals surface area contributed by atoms with Gasteiger partial charge in [-0.15, -0.1) is 0 Å². The number of methoxy groups -OCH3 is 1. The lowest BCUT2D eigenvalue weighted by Crippen LogP contribution is -2.21. The number of hydrogen-bond acceptors (Lipinski definition) is 4. The topological polar surface area (TPSA) is 61.2 Å². The summed E-state index contributed by atoms with van der Waals surface area (Å²) in [6, 6.07) is 10.8. The third-order valence-corrected chi connectivity index (χ3v) is 3.98. The summed E-state index contributed by atoms with van der Waals surface area (Å²) in [4.78, 5) is 28.9. The number of esters is 1. The van der Waals surface area contributed by atoms with Gasteiger partial charge in [-0.2, -0.15) is 0 Å². The van der Waals surface area contributed by atoms with Crippen molar-refractivity contribution in [2.24, 2.45) is 0 Å². The van der Waals surface area contributed by atoms with Gasteiger partial charge in [0.15, 0.2) is 0 Å². The van der Waals surface area contributed by atoms with Crippen molar-refractivity contribution in [3.63, 3.8) is 0 Å². The first kappa shape index (κ1) is 16.2. The molecular formula is C18H15ClN2O3. The Bertz CT molecular complexity index is 978. The van der Waals surface area contributed by atoms with Crippen LogP contribution in [0.2, 0.25) is 5.02 Å². The molecule has 24 heavy (non-hydrogen) atoms. The molecule has 2 aromatic heterocycles. The average molecular weight is 343 g/mol. The number of halogens is 1. The molecule has 2 heterocycles. The van der Waals surface area contributed by atoms with Crippen molar-refractivity contribution in [3.05, 3.63) is 74.7 Å². The van der Waals surface area contributed by atoms with E-state index in [9.17, 15) is 9.59 Å². The maximum Gasteiger partial charge on any atom is 0.343 e. The Hall–Kier alpha value is -2.66. The smallest absolute Gasteiger partial charge is 0.343 e. The number of benzene rings is 1. The molecule has 0 saturated carbocycles. The van der Waals surface area contributed by atoms with E-state index in [0.29, 0.717) is 22.6 Å². The van der Waals surface area contributed by atoms with Crippen molar-refractivity contribution < 1.29 is 9.53 Å². The second-order valence-corrected chi connectivity index (χ2v) is 5.88. The molecule has 3 rings (SSSR count). The van der Waals surface area contributed by atoms with Crippen LogP contribution >= 0.6 is 11.6 Å². The van der Waals surface area contributed by atoms with E-state index in [4.69, 9.17) is 16.3 Å². The number of aromatic nitrogens is 2. The van der Waals surface area contributed by atoms with Crippen molar-refractivity contribution >= 4 is 28.6 Å². The molecule has 0 unspecified atom stereocenters. The monoisotopic (exact) mass is 342 g/mol. The number of carbonyl (C=O) groups is 1. The van der Waals surface area contributed by atoms with Crippen molar-refractivity contribution in [1.29, 1.82) is 0 Å². The van der Waals surface area contributed by atoms with Gasteiger partial charge in [-0.25, -0.2) is 9.78 Å². The first-order valence-electron chi connectivity index (χ1n) is 7.33. The molecule has 0 aliphatic heterocycles. The maximum absolute atomic E-state index is 12.5. The molecule has 122 valence electrons. The minimum absolute atomic E-state index is 0.00961.